The van der Waals surface area contributed by atoms with Crippen LogP contribution in [0.1, 0.15) is 56.0 Å². The number of nitrogens with zero attached hydrogens (tertiary/aromatic N) is 3. The minimum atomic E-state index is -0.806. The first kappa shape index (κ1) is 32.2. The molecule has 0 aliphatic carbocycles. The number of carbonyl (C=O) groups is 1. The SMILES string of the molecule is CCOC(=O)C1=C(C)N=c2s/c(=C/c3cc(Cl)c(OCc4ccccc4C#N)c(Br)c3)c(=O)n2[C@H]1c1ccccc1OC(C)C. The van der Waals surface area contributed by atoms with Gasteiger partial charge in [-0.05, 0) is 79.5 Å². The molecule has 0 bridgehead atoms. The first-order valence-electron chi connectivity index (χ1n) is 14.2. The lowest BCUT2D eigenvalue weighted by Crippen LogP contribution is -2.40. The summed E-state index contributed by atoms with van der Waals surface area (Å²) in [5, 5.41) is 9.71. The monoisotopic (exact) mass is 705 g/mol. The number of para-hydroxylation sites is 1. The Bertz CT molecular complexity index is 2020. The van der Waals surface area contributed by atoms with Gasteiger partial charge in [0.15, 0.2) is 10.6 Å². The first-order chi connectivity index (χ1) is 21.6. The first-order valence-corrected chi connectivity index (χ1v) is 16.2. The van der Waals surface area contributed by atoms with Gasteiger partial charge in [0.1, 0.15) is 18.4 Å². The number of hydrogen-bond donors (Lipinski definition) is 0. The third-order valence-electron chi connectivity index (χ3n) is 6.92. The Morgan fingerprint density at radius 2 is 1.93 bits per heavy atom. The Labute approximate surface area is 277 Å². The number of thiazole rings is 1. The smallest absolute Gasteiger partial charge is 0.338 e. The van der Waals surface area contributed by atoms with Crippen LogP contribution >= 0.6 is 38.9 Å². The van der Waals surface area contributed by atoms with Gasteiger partial charge in [0.25, 0.3) is 5.56 Å². The zero-order valence-electron chi connectivity index (χ0n) is 25.0. The van der Waals surface area contributed by atoms with Crippen LogP contribution < -0.4 is 24.4 Å². The second kappa shape index (κ2) is 13.9. The van der Waals surface area contributed by atoms with Crippen molar-refractivity contribution >= 4 is 50.9 Å². The Balaban J connectivity index is 1.58. The Kier molecular flexibility index (Phi) is 9.93. The van der Waals surface area contributed by atoms with E-state index in [9.17, 15) is 14.9 Å². The normalized spacial score (nSPS) is 14.5. The average molecular weight is 707 g/mol. The lowest BCUT2D eigenvalue weighted by molar-refractivity contribution is -0.139. The fourth-order valence-electron chi connectivity index (χ4n) is 5.01. The quantitative estimate of drug-likeness (QED) is 0.186. The molecule has 1 aliphatic rings. The maximum atomic E-state index is 14.1. The summed E-state index contributed by atoms with van der Waals surface area (Å²) in [4.78, 5) is 32.5. The number of benzene rings is 3. The number of rotatable bonds is 9. The number of carbonyl (C=O) groups excluding carboxylic acids is 1. The Hall–Kier alpha value is -4.17. The van der Waals surface area contributed by atoms with Gasteiger partial charge in [-0.15, -0.1) is 0 Å². The van der Waals surface area contributed by atoms with E-state index in [0.29, 0.717) is 52.7 Å². The van der Waals surface area contributed by atoms with Crippen molar-refractivity contribution in [1.29, 1.82) is 5.26 Å². The zero-order valence-corrected chi connectivity index (χ0v) is 28.1. The summed E-state index contributed by atoms with van der Waals surface area (Å²) < 4.78 is 20.0. The van der Waals surface area contributed by atoms with Gasteiger partial charge in [-0.25, -0.2) is 9.79 Å². The van der Waals surface area contributed by atoms with Gasteiger partial charge < -0.3 is 14.2 Å². The van der Waals surface area contributed by atoms with Crippen LogP contribution in [0, 0.1) is 11.3 Å². The van der Waals surface area contributed by atoms with E-state index in [4.69, 9.17) is 25.8 Å². The van der Waals surface area contributed by atoms with E-state index in [2.05, 4.69) is 27.0 Å². The van der Waals surface area contributed by atoms with Crippen molar-refractivity contribution in [3.05, 3.63) is 123 Å². The molecule has 0 unspecified atom stereocenters. The largest absolute Gasteiger partial charge is 0.491 e. The topological polar surface area (TPSA) is 103 Å². The molecule has 0 saturated heterocycles. The molecular weight excluding hydrogens is 678 g/mol. The van der Waals surface area contributed by atoms with Crippen LogP contribution in [0.25, 0.3) is 6.08 Å². The van der Waals surface area contributed by atoms with Crippen LogP contribution in [0.3, 0.4) is 0 Å². The molecule has 0 amide bonds. The zero-order chi connectivity index (χ0) is 32.2. The van der Waals surface area contributed by atoms with E-state index in [1.807, 2.05) is 50.2 Å². The van der Waals surface area contributed by atoms with Crippen molar-refractivity contribution < 1.29 is 19.0 Å². The van der Waals surface area contributed by atoms with E-state index in [1.54, 1.807) is 44.2 Å². The summed E-state index contributed by atoms with van der Waals surface area (Å²) >= 11 is 11.4. The molecule has 11 heteroatoms. The van der Waals surface area contributed by atoms with Crippen LogP contribution in [0.4, 0.5) is 0 Å². The van der Waals surface area contributed by atoms with E-state index < -0.39 is 12.0 Å². The standard InChI is InChI=1S/C34H29BrClN3O5S/c1-5-42-33(41)29-20(4)38-34-39(30(29)24-12-8-9-13-27(24)44-19(2)3)32(40)28(45-34)16-21-14-25(35)31(26(36)15-21)43-18-23-11-7-6-10-22(23)17-37/h6-16,19,30H,5,18H2,1-4H3/b28-16+/t30-/m0/s1. The highest BCUT2D eigenvalue weighted by atomic mass is 79.9. The Morgan fingerprint density at radius 3 is 2.64 bits per heavy atom. The fraction of sp³-hybridized carbons (Fsp3) is 0.235. The highest BCUT2D eigenvalue weighted by molar-refractivity contribution is 9.10. The second-order valence-electron chi connectivity index (χ2n) is 10.4. The van der Waals surface area contributed by atoms with Crippen molar-refractivity contribution in [3.63, 3.8) is 0 Å². The summed E-state index contributed by atoms with van der Waals surface area (Å²) in [6.07, 6.45) is 1.60. The number of fused-ring (bicyclic) bond motifs is 1. The molecule has 1 aromatic heterocycles. The van der Waals surface area contributed by atoms with Gasteiger partial charge in [-0.1, -0.05) is 59.3 Å². The molecule has 3 aromatic carbocycles. The highest BCUT2D eigenvalue weighted by Crippen LogP contribution is 2.37. The molecule has 0 radical (unpaired) electrons. The number of hydrogen-bond acceptors (Lipinski definition) is 8. The molecule has 230 valence electrons. The molecule has 45 heavy (non-hydrogen) atoms. The van der Waals surface area contributed by atoms with Crippen LogP contribution in [-0.2, 0) is 16.1 Å². The van der Waals surface area contributed by atoms with Crippen LogP contribution in [0.15, 0.2) is 86.2 Å². The summed E-state index contributed by atoms with van der Waals surface area (Å²) in [5.74, 6) is 0.438. The second-order valence-corrected chi connectivity index (χ2v) is 12.6. The van der Waals surface area contributed by atoms with Crippen molar-refractivity contribution in [2.75, 3.05) is 6.61 Å². The molecule has 1 atom stereocenters. The maximum absolute atomic E-state index is 14.1. The van der Waals surface area contributed by atoms with Gasteiger partial charge in [0, 0.05) is 11.1 Å². The van der Waals surface area contributed by atoms with Gasteiger partial charge >= 0.3 is 5.97 Å². The average Bonchev–Trinajstić information content (AvgIpc) is 3.30. The van der Waals surface area contributed by atoms with Gasteiger partial charge in [0.05, 0.1) is 49.6 Å². The number of halogens is 2. The molecule has 0 fully saturated rings. The lowest BCUT2D eigenvalue weighted by atomic mass is 9.95. The van der Waals surface area contributed by atoms with Gasteiger partial charge in [-0.2, -0.15) is 5.26 Å². The Morgan fingerprint density at radius 1 is 1.20 bits per heavy atom. The minimum Gasteiger partial charge on any atom is -0.491 e. The third-order valence-corrected chi connectivity index (χ3v) is 8.77. The molecule has 0 saturated carbocycles. The van der Waals surface area contributed by atoms with E-state index in [1.165, 1.54) is 15.9 Å². The molecular formula is C34H29BrClN3O5S. The summed E-state index contributed by atoms with van der Waals surface area (Å²) in [6, 6.07) is 19.4. The highest BCUT2D eigenvalue weighted by Gasteiger charge is 2.35. The number of allylic oxidation sites excluding steroid dienone is 1. The predicted molar refractivity (Wildman–Crippen MR) is 177 cm³/mol. The van der Waals surface area contributed by atoms with Crippen molar-refractivity contribution in [2.45, 2.75) is 46.4 Å². The molecule has 0 spiro atoms. The van der Waals surface area contributed by atoms with Crippen molar-refractivity contribution in [2.24, 2.45) is 4.99 Å². The van der Waals surface area contributed by atoms with Crippen molar-refractivity contribution in [3.8, 4) is 17.6 Å². The van der Waals surface area contributed by atoms with Crippen molar-refractivity contribution in [1.82, 2.24) is 4.57 Å². The molecule has 2 heterocycles. The van der Waals surface area contributed by atoms with E-state index in [0.717, 1.165) is 5.56 Å². The summed E-state index contributed by atoms with van der Waals surface area (Å²) in [7, 11) is 0. The number of ether oxygens (including phenoxy) is 3. The number of aromatic nitrogens is 1. The fourth-order valence-corrected chi connectivity index (χ4v) is 7.05. The van der Waals surface area contributed by atoms with Crippen LogP contribution in [0.5, 0.6) is 11.5 Å². The molecule has 4 aromatic rings. The molecule has 8 nitrogen and oxygen atoms in total. The number of esters is 1. The number of nitriles is 1. The summed E-state index contributed by atoms with van der Waals surface area (Å²) in [6.45, 7) is 7.65. The molecule has 5 rings (SSSR count). The lowest BCUT2D eigenvalue weighted by Gasteiger charge is -2.26. The molecule has 1 aliphatic heterocycles. The third kappa shape index (κ3) is 6.76. The minimum absolute atomic E-state index is 0.130. The van der Waals surface area contributed by atoms with Gasteiger partial charge in [0.2, 0.25) is 0 Å². The molecule has 0 N–H and O–H groups in total. The van der Waals surface area contributed by atoms with Gasteiger partial charge in [-0.3, -0.25) is 9.36 Å². The van der Waals surface area contributed by atoms with Crippen LogP contribution in [-0.4, -0.2) is 23.2 Å². The maximum Gasteiger partial charge on any atom is 0.338 e. The van der Waals surface area contributed by atoms with E-state index >= 15 is 0 Å². The summed E-state index contributed by atoms with van der Waals surface area (Å²) in [5.41, 5.74) is 3.00. The van der Waals surface area contributed by atoms with E-state index in [-0.39, 0.29) is 30.5 Å². The predicted octanol–water partition coefficient (Wildman–Crippen LogP) is 6.45. The van der Waals surface area contributed by atoms with Crippen LogP contribution in [0.2, 0.25) is 5.02 Å².